The molecule has 226 valence electrons. The van der Waals surface area contributed by atoms with Gasteiger partial charge in [-0.25, -0.2) is 31.1 Å². The molecule has 2 aromatic carbocycles. The summed E-state index contributed by atoms with van der Waals surface area (Å²) in [5.74, 6) is -4.91. The summed E-state index contributed by atoms with van der Waals surface area (Å²) >= 11 is 5.79. The van der Waals surface area contributed by atoms with Gasteiger partial charge >= 0.3 is 0 Å². The molecule has 2 aliphatic heterocycles. The Bertz CT molecular complexity index is 1450. The first-order chi connectivity index (χ1) is 19.3. The van der Waals surface area contributed by atoms with Crippen LogP contribution in [0, 0.1) is 11.6 Å². The summed E-state index contributed by atoms with van der Waals surface area (Å²) in [6.07, 6.45) is 0. The first-order valence-corrected chi connectivity index (χ1v) is 16.0. The third-order valence-electron chi connectivity index (χ3n) is 6.97. The number of carbonyl (C=O) groups excluding carboxylic acids is 1. The highest BCUT2D eigenvalue weighted by atomic mass is 35.5. The molecular formula is C24H30ClF2N5O7S2. The van der Waals surface area contributed by atoms with Crippen LogP contribution in [0.2, 0.25) is 5.02 Å². The number of rotatable bonds is 9. The van der Waals surface area contributed by atoms with Crippen molar-refractivity contribution in [3.63, 3.8) is 0 Å². The fourth-order valence-electron chi connectivity index (χ4n) is 4.55. The topological polar surface area (TPSA) is 140 Å². The van der Waals surface area contributed by atoms with Crippen LogP contribution in [-0.4, -0.2) is 118 Å². The summed E-state index contributed by atoms with van der Waals surface area (Å²) in [7, 11) is -6.67. The van der Waals surface area contributed by atoms with Crippen LogP contribution in [0.25, 0.3) is 0 Å². The normalized spacial score (nSPS) is 20.2. The fraction of sp³-hybridized carbons (Fsp3) is 0.458. The second-order valence-corrected chi connectivity index (χ2v) is 14.1. The standard InChI is InChI=1S/C24H30ClF2N5O7S2/c1-29-6-8-30(9-7-29)12-13-40(35,36)31-10-11-32(22(16-31)24(33)28-34)41(37,38)19-14-20(26)23(21(27)15-19)39-18-4-2-17(25)3-5-18/h2-5,14-15,22,34H,6-13,16H2,1H3,(H,28,33)/t22-/m1/s1. The minimum atomic E-state index is -4.74. The number of piperazine rings is 2. The number of likely N-dealkylation sites (N-methyl/N-ethyl adjacent to an activating group) is 1. The number of halogens is 3. The lowest BCUT2D eigenvalue weighted by Crippen LogP contribution is -2.61. The number of amides is 1. The Labute approximate surface area is 242 Å². The highest BCUT2D eigenvalue weighted by Crippen LogP contribution is 2.32. The Morgan fingerprint density at radius 2 is 1.63 bits per heavy atom. The van der Waals surface area contributed by atoms with Gasteiger partial charge in [0.2, 0.25) is 20.0 Å². The molecule has 2 saturated heterocycles. The second-order valence-electron chi connectivity index (χ2n) is 9.70. The van der Waals surface area contributed by atoms with Gasteiger partial charge in [-0.15, -0.1) is 0 Å². The molecule has 1 amide bonds. The maximum Gasteiger partial charge on any atom is 0.263 e. The molecule has 2 aromatic rings. The molecule has 0 unspecified atom stereocenters. The van der Waals surface area contributed by atoms with Crippen LogP contribution < -0.4 is 10.2 Å². The number of hydrogen-bond donors (Lipinski definition) is 2. The van der Waals surface area contributed by atoms with E-state index in [1.54, 1.807) is 0 Å². The minimum Gasteiger partial charge on any atom is -0.451 e. The zero-order chi connectivity index (χ0) is 29.9. The van der Waals surface area contributed by atoms with Gasteiger partial charge in [0, 0.05) is 57.4 Å². The molecule has 0 saturated carbocycles. The van der Waals surface area contributed by atoms with Gasteiger partial charge in [-0.3, -0.25) is 14.9 Å². The van der Waals surface area contributed by atoms with E-state index in [1.807, 2.05) is 11.9 Å². The Hall–Kier alpha value is -2.44. The Morgan fingerprint density at radius 3 is 2.22 bits per heavy atom. The van der Waals surface area contributed by atoms with Gasteiger partial charge in [-0.05, 0) is 43.4 Å². The number of sulfonamides is 2. The van der Waals surface area contributed by atoms with Crippen molar-refractivity contribution in [2.75, 3.05) is 65.2 Å². The van der Waals surface area contributed by atoms with E-state index in [1.165, 1.54) is 29.7 Å². The predicted molar refractivity (Wildman–Crippen MR) is 145 cm³/mol. The fourth-order valence-corrected chi connectivity index (χ4v) is 7.75. The van der Waals surface area contributed by atoms with Crippen LogP contribution in [0.15, 0.2) is 41.3 Å². The zero-order valence-corrected chi connectivity index (χ0v) is 24.4. The first-order valence-electron chi connectivity index (χ1n) is 12.6. The number of nitrogens with one attached hydrogen (secondary N) is 1. The van der Waals surface area contributed by atoms with Crippen molar-refractivity contribution in [3.8, 4) is 11.5 Å². The van der Waals surface area contributed by atoms with E-state index in [9.17, 15) is 35.6 Å². The molecule has 2 fully saturated rings. The quantitative estimate of drug-likeness (QED) is 0.306. The van der Waals surface area contributed by atoms with Crippen LogP contribution in [0.1, 0.15) is 0 Å². The summed E-state index contributed by atoms with van der Waals surface area (Å²) in [4.78, 5) is 15.8. The van der Waals surface area contributed by atoms with Gasteiger partial charge in [0.25, 0.3) is 5.91 Å². The van der Waals surface area contributed by atoms with E-state index >= 15 is 0 Å². The molecule has 0 aromatic heterocycles. The SMILES string of the molecule is CN1CCN(CCS(=O)(=O)N2CCN(S(=O)(=O)c3cc(F)c(Oc4ccc(Cl)cc4)c(F)c3)[C@@H](C(=O)NO)C2)CC1. The number of nitrogens with zero attached hydrogens (tertiary/aromatic N) is 4. The molecule has 0 aliphatic carbocycles. The molecule has 0 spiro atoms. The Balaban J connectivity index is 1.52. The van der Waals surface area contributed by atoms with Gasteiger partial charge in [-0.2, -0.15) is 8.61 Å². The summed E-state index contributed by atoms with van der Waals surface area (Å²) in [6.45, 7) is 1.85. The van der Waals surface area contributed by atoms with Crippen molar-refractivity contribution >= 4 is 37.6 Å². The minimum absolute atomic E-state index is 0.0486. The highest BCUT2D eigenvalue weighted by molar-refractivity contribution is 7.89. The molecule has 4 rings (SSSR count). The summed E-state index contributed by atoms with van der Waals surface area (Å²) < 4.78 is 89.6. The smallest absolute Gasteiger partial charge is 0.263 e. The summed E-state index contributed by atoms with van der Waals surface area (Å²) in [5.41, 5.74) is 1.35. The van der Waals surface area contributed by atoms with Gasteiger partial charge in [0.1, 0.15) is 11.8 Å². The Kier molecular flexibility index (Phi) is 9.85. The lowest BCUT2D eigenvalue weighted by atomic mass is 10.2. The lowest BCUT2D eigenvalue weighted by molar-refractivity contribution is -0.134. The molecule has 0 bridgehead atoms. The van der Waals surface area contributed by atoms with Crippen LogP contribution in [0.3, 0.4) is 0 Å². The van der Waals surface area contributed by atoms with Crippen LogP contribution in [-0.2, 0) is 24.8 Å². The van der Waals surface area contributed by atoms with Crippen molar-refractivity contribution in [2.45, 2.75) is 10.9 Å². The predicted octanol–water partition coefficient (Wildman–Crippen LogP) is 1.17. The van der Waals surface area contributed by atoms with E-state index in [0.29, 0.717) is 34.6 Å². The molecule has 1 atom stereocenters. The largest absolute Gasteiger partial charge is 0.451 e. The maximum absolute atomic E-state index is 14.9. The lowest BCUT2D eigenvalue weighted by Gasteiger charge is -2.39. The number of carbonyl (C=O) groups is 1. The third-order valence-corrected chi connectivity index (χ3v) is 10.9. The maximum atomic E-state index is 14.9. The molecule has 12 nitrogen and oxygen atoms in total. The Morgan fingerprint density at radius 1 is 1.02 bits per heavy atom. The van der Waals surface area contributed by atoms with Crippen LogP contribution >= 0.6 is 11.6 Å². The van der Waals surface area contributed by atoms with Crippen LogP contribution in [0.5, 0.6) is 11.5 Å². The molecule has 2 N–H and O–H groups in total. The molecule has 2 aliphatic rings. The second kappa shape index (κ2) is 12.8. The van der Waals surface area contributed by atoms with Crippen molar-refractivity contribution < 1.29 is 40.4 Å². The number of ether oxygens (including phenoxy) is 1. The monoisotopic (exact) mass is 637 g/mol. The van der Waals surface area contributed by atoms with E-state index in [2.05, 4.69) is 4.90 Å². The highest BCUT2D eigenvalue weighted by Gasteiger charge is 2.43. The van der Waals surface area contributed by atoms with Gasteiger partial charge in [-0.1, -0.05) is 11.6 Å². The summed E-state index contributed by atoms with van der Waals surface area (Å²) in [6, 6.07) is 4.97. The molecule has 2 heterocycles. The number of benzene rings is 2. The van der Waals surface area contributed by atoms with Crippen molar-refractivity contribution in [1.82, 2.24) is 23.9 Å². The average molecular weight is 638 g/mol. The van der Waals surface area contributed by atoms with Crippen molar-refractivity contribution in [3.05, 3.63) is 53.1 Å². The van der Waals surface area contributed by atoms with Crippen LogP contribution in [0.4, 0.5) is 8.78 Å². The summed E-state index contributed by atoms with van der Waals surface area (Å²) in [5, 5.41) is 9.63. The van der Waals surface area contributed by atoms with E-state index in [-0.39, 0.29) is 24.6 Å². The van der Waals surface area contributed by atoms with Gasteiger partial charge in [0.05, 0.1) is 10.6 Å². The van der Waals surface area contributed by atoms with E-state index in [0.717, 1.165) is 17.4 Å². The van der Waals surface area contributed by atoms with Crippen molar-refractivity contribution in [1.29, 1.82) is 0 Å². The van der Waals surface area contributed by atoms with Gasteiger partial charge < -0.3 is 9.64 Å². The first kappa shape index (κ1) is 31.5. The average Bonchev–Trinajstić information content (AvgIpc) is 2.94. The van der Waals surface area contributed by atoms with E-state index < -0.39 is 67.4 Å². The van der Waals surface area contributed by atoms with E-state index in [4.69, 9.17) is 16.3 Å². The molecule has 0 radical (unpaired) electrons. The third kappa shape index (κ3) is 7.32. The van der Waals surface area contributed by atoms with Crippen molar-refractivity contribution in [2.24, 2.45) is 0 Å². The number of hydroxylamine groups is 1. The zero-order valence-electron chi connectivity index (χ0n) is 22.0. The molecular weight excluding hydrogens is 608 g/mol. The molecule has 17 heteroatoms. The van der Waals surface area contributed by atoms with Gasteiger partial charge in [0.15, 0.2) is 17.4 Å². The number of hydrogen-bond acceptors (Lipinski definition) is 9. The molecule has 41 heavy (non-hydrogen) atoms.